The third kappa shape index (κ3) is 3.74. The van der Waals surface area contributed by atoms with E-state index in [1.54, 1.807) is 24.9 Å². The average molecular weight is 289 g/mol. The molecule has 2 rings (SSSR count). The van der Waals surface area contributed by atoms with Crippen LogP contribution in [-0.4, -0.2) is 25.2 Å². The molecule has 0 atom stereocenters. The summed E-state index contributed by atoms with van der Waals surface area (Å²) < 4.78 is 9.81. The van der Waals surface area contributed by atoms with Gasteiger partial charge in [0.2, 0.25) is 0 Å². The van der Waals surface area contributed by atoms with Crippen molar-refractivity contribution in [3.05, 3.63) is 53.9 Å². The molecule has 0 aliphatic carbocycles. The van der Waals surface area contributed by atoms with Crippen LogP contribution in [0.15, 0.2) is 47.5 Å². The van der Waals surface area contributed by atoms with E-state index in [2.05, 4.69) is 9.72 Å². The number of carbonyl (C=O) groups is 1. The number of esters is 1. The summed E-state index contributed by atoms with van der Waals surface area (Å²) >= 11 is 1.66. The monoisotopic (exact) mass is 289 g/mol. The van der Waals surface area contributed by atoms with Crippen molar-refractivity contribution in [3.8, 4) is 5.75 Å². The Labute approximate surface area is 122 Å². The summed E-state index contributed by atoms with van der Waals surface area (Å²) in [6, 6.07) is 11.4. The Morgan fingerprint density at radius 2 is 2.10 bits per heavy atom. The van der Waals surface area contributed by atoms with Crippen LogP contribution in [0.3, 0.4) is 0 Å². The minimum absolute atomic E-state index is 0.371. The second kappa shape index (κ2) is 6.96. The number of rotatable bonds is 5. The predicted molar refractivity (Wildman–Crippen MR) is 78.1 cm³/mol. The van der Waals surface area contributed by atoms with Gasteiger partial charge in [-0.05, 0) is 30.3 Å². The van der Waals surface area contributed by atoms with E-state index in [-0.39, 0.29) is 5.97 Å². The largest absolute Gasteiger partial charge is 0.497 e. The molecule has 0 unspecified atom stereocenters. The third-order valence-corrected chi connectivity index (χ3v) is 3.70. The minimum atomic E-state index is -0.371. The zero-order valence-corrected chi connectivity index (χ0v) is 12.1. The van der Waals surface area contributed by atoms with E-state index in [1.165, 1.54) is 13.3 Å². The topological polar surface area (TPSA) is 48.4 Å². The first-order chi connectivity index (χ1) is 9.72. The number of aromatic nitrogens is 1. The van der Waals surface area contributed by atoms with Gasteiger partial charge in [0, 0.05) is 16.8 Å². The molecule has 0 N–H and O–H groups in total. The molecule has 0 radical (unpaired) electrons. The molecule has 104 valence electrons. The number of thioether (sulfide) groups is 1. The summed E-state index contributed by atoms with van der Waals surface area (Å²) in [6.07, 6.45) is 1.54. The van der Waals surface area contributed by atoms with E-state index >= 15 is 0 Å². The van der Waals surface area contributed by atoms with Crippen molar-refractivity contribution in [1.29, 1.82) is 0 Å². The van der Waals surface area contributed by atoms with Gasteiger partial charge in [-0.25, -0.2) is 4.79 Å². The highest BCUT2D eigenvalue weighted by Crippen LogP contribution is 2.25. The van der Waals surface area contributed by atoms with Gasteiger partial charge < -0.3 is 9.47 Å². The highest BCUT2D eigenvalue weighted by atomic mass is 32.2. The van der Waals surface area contributed by atoms with E-state index in [1.807, 2.05) is 30.3 Å². The van der Waals surface area contributed by atoms with Crippen molar-refractivity contribution >= 4 is 17.7 Å². The lowest BCUT2D eigenvalue weighted by molar-refractivity contribution is 0.0600. The van der Waals surface area contributed by atoms with Gasteiger partial charge >= 0.3 is 5.97 Å². The SMILES string of the molecule is COC(=O)c1ccc(CSc2cccc(OC)c2)nc1. The molecule has 0 saturated heterocycles. The molecule has 1 aromatic carbocycles. The summed E-state index contributed by atoms with van der Waals surface area (Å²) in [5, 5.41) is 0. The molecule has 1 aromatic heterocycles. The third-order valence-electron chi connectivity index (χ3n) is 2.67. The number of hydrogen-bond donors (Lipinski definition) is 0. The molecule has 2 aromatic rings. The summed E-state index contributed by atoms with van der Waals surface area (Å²) in [6.45, 7) is 0. The molecule has 20 heavy (non-hydrogen) atoms. The van der Waals surface area contributed by atoms with Crippen LogP contribution in [0.5, 0.6) is 5.75 Å². The molecule has 1 heterocycles. The van der Waals surface area contributed by atoms with Gasteiger partial charge in [-0.3, -0.25) is 4.98 Å². The first kappa shape index (κ1) is 14.4. The van der Waals surface area contributed by atoms with E-state index in [0.717, 1.165) is 22.1 Å². The Bertz CT molecular complexity index is 584. The van der Waals surface area contributed by atoms with Crippen LogP contribution in [0.2, 0.25) is 0 Å². The lowest BCUT2D eigenvalue weighted by Crippen LogP contribution is -2.02. The average Bonchev–Trinajstić information content (AvgIpc) is 2.53. The first-order valence-electron chi connectivity index (χ1n) is 6.03. The predicted octanol–water partition coefficient (Wildman–Crippen LogP) is 3.17. The standard InChI is InChI=1S/C15H15NO3S/c1-18-13-4-3-5-14(8-13)20-10-12-7-6-11(9-16-12)15(17)19-2/h3-9H,10H2,1-2H3. The fourth-order valence-electron chi connectivity index (χ4n) is 1.60. The number of carbonyl (C=O) groups excluding carboxylic acids is 1. The zero-order chi connectivity index (χ0) is 14.4. The Hall–Kier alpha value is -2.01. The summed E-state index contributed by atoms with van der Waals surface area (Å²) in [5.41, 5.74) is 1.37. The van der Waals surface area contributed by atoms with Crippen LogP contribution in [0.4, 0.5) is 0 Å². The maximum atomic E-state index is 11.3. The lowest BCUT2D eigenvalue weighted by Gasteiger charge is -2.05. The van der Waals surface area contributed by atoms with Gasteiger partial charge in [0.05, 0.1) is 25.5 Å². The van der Waals surface area contributed by atoms with Crippen molar-refractivity contribution in [3.63, 3.8) is 0 Å². The Kier molecular flexibility index (Phi) is 5.01. The number of benzene rings is 1. The molecule has 0 amide bonds. The van der Waals surface area contributed by atoms with Crippen molar-refractivity contribution in [2.24, 2.45) is 0 Å². The molecule has 0 saturated carbocycles. The van der Waals surface area contributed by atoms with Crippen molar-refractivity contribution in [2.45, 2.75) is 10.6 Å². The van der Waals surface area contributed by atoms with Crippen LogP contribution in [0.25, 0.3) is 0 Å². The van der Waals surface area contributed by atoms with Crippen LogP contribution in [0.1, 0.15) is 16.1 Å². The fourth-order valence-corrected chi connectivity index (χ4v) is 2.46. The minimum Gasteiger partial charge on any atom is -0.497 e. The smallest absolute Gasteiger partial charge is 0.339 e. The van der Waals surface area contributed by atoms with Gasteiger partial charge in [0.25, 0.3) is 0 Å². The molecule has 0 fully saturated rings. The molecule has 0 bridgehead atoms. The van der Waals surface area contributed by atoms with Crippen LogP contribution >= 0.6 is 11.8 Å². The Balaban J connectivity index is 1.98. The Morgan fingerprint density at radius 3 is 2.75 bits per heavy atom. The molecule has 5 heteroatoms. The van der Waals surface area contributed by atoms with Crippen LogP contribution < -0.4 is 4.74 Å². The van der Waals surface area contributed by atoms with Crippen molar-refractivity contribution in [2.75, 3.05) is 14.2 Å². The van der Waals surface area contributed by atoms with Gasteiger partial charge in [-0.2, -0.15) is 0 Å². The second-order valence-corrected chi connectivity index (χ2v) is 5.05. The van der Waals surface area contributed by atoms with Gasteiger partial charge in [-0.15, -0.1) is 11.8 Å². The molecular formula is C15H15NO3S. The molecule has 0 aliphatic rings. The van der Waals surface area contributed by atoms with Crippen molar-refractivity contribution in [1.82, 2.24) is 4.98 Å². The lowest BCUT2D eigenvalue weighted by atomic mass is 10.2. The quantitative estimate of drug-likeness (QED) is 0.625. The highest BCUT2D eigenvalue weighted by molar-refractivity contribution is 7.98. The fraction of sp³-hybridized carbons (Fsp3) is 0.200. The van der Waals surface area contributed by atoms with E-state index in [0.29, 0.717) is 5.56 Å². The normalized spacial score (nSPS) is 10.1. The summed E-state index contributed by atoms with van der Waals surface area (Å²) in [5.74, 6) is 1.20. The summed E-state index contributed by atoms with van der Waals surface area (Å²) in [7, 11) is 3.01. The number of nitrogens with zero attached hydrogens (tertiary/aromatic N) is 1. The van der Waals surface area contributed by atoms with Crippen molar-refractivity contribution < 1.29 is 14.3 Å². The maximum absolute atomic E-state index is 11.3. The first-order valence-corrected chi connectivity index (χ1v) is 7.01. The molecular weight excluding hydrogens is 274 g/mol. The highest BCUT2D eigenvalue weighted by Gasteiger charge is 2.05. The number of methoxy groups -OCH3 is 2. The second-order valence-electron chi connectivity index (χ2n) is 4.00. The zero-order valence-electron chi connectivity index (χ0n) is 11.3. The van der Waals surface area contributed by atoms with E-state index in [9.17, 15) is 4.79 Å². The maximum Gasteiger partial charge on any atom is 0.339 e. The molecule has 0 spiro atoms. The van der Waals surface area contributed by atoms with Gasteiger partial charge in [-0.1, -0.05) is 6.07 Å². The number of hydrogen-bond acceptors (Lipinski definition) is 5. The van der Waals surface area contributed by atoms with E-state index in [4.69, 9.17) is 4.74 Å². The number of pyridine rings is 1. The van der Waals surface area contributed by atoms with Crippen LogP contribution in [-0.2, 0) is 10.5 Å². The van der Waals surface area contributed by atoms with Gasteiger partial charge in [0.1, 0.15) is 5.75 Å². The Morgan fingerprint density at radius 1 is 1.25 bits per heavy atom. The molecule has 4 nitrogen and oxygen atoms in total. The summed E-state index contributed by atoms with van der Waals surface area (Å²) in [4.78, 5) is 16.7. The van der Waals surface area contributed by atoms with E-state index < -0.39 is 0 Å². The van der Waals surface area contributed by atoms with Crippen LogP contribution in [0, 0.1) is 0 Å². The number of ether oxygens (including phenoxy) is 2. The molecule has 0 aliphatic heterocycles. The van der Waals surface area contributed by atoms with Gasteiger partial charge in [0.15, 0.2) is 0 Å².